The van der Waals surface area contributed by atoms with Crippen LogP contribution in [-0.4, -0.2) is 24.0 Å². The average Bonchev–Trinajstić information content (AvgIpc) is 3.07. The van der Waals surface area contributed by atoms with Crippen molar-refractivity contribution in [3.63, 3.8) is 0 Å². The van der Waals surface area contributed by atoms with E-state index in [1.165, 1.54) is 20.1 Å². The summed E-state index contributed by atoms with van der Waals surface area (Å²) in [5, 5.41) is 2.57. The van der Waals surface area contributed by atoms with Gasteiger partial charge in [0.2, 0.25) is 11.7 Å². The molecule has 1 N–H and O–H groups in total. The largest absolute Gasteiger partial charge is 0.465 e. The Hall–Kier alpha value is -3.48. The maximum absolute atomic E-state index is 14.1. The van der Waals surface area contributed by atoms with E-state index in [4.69, 9.17) is 4.42 Å². The van der Waals surface area contributed by atoms with E-state index < -0.39 is 17.7 Å². The quantitative estimate of drug-likeness (QED) is 0.700. The van der Waals surface area contributed by atoms with Crippen LogP contribution >= 0.6 is 0 Å². The van der Waals surface area contributed by atoms with E-state index >= 15 is 0 Å². The first-order valence-electron chi connectivity index (χ1n) is 8.13. The molecule has 0 saturated heterocycles. The predicted octanol–water partition coefficient (Wildman–Crippen LogP) is 4.14. The zero-order chi connectivity index (χ0) is 19.6. The minimum Gasteiger partial charge on any atom is -0.465 e. The number of oxazole rings is 1. The van der Waals surface area contributed by atoms with Crippen molar-refractivity contribution in [2.75, 3.05) is 12.4 Å². The molecule has 0 bridgehead atoms. The zero-order valence-electron chi connectivity index (χ0n) is 15.0. The third-order valence-electron chi connectivity index (χ3n) is 4.04. The van der Waals surface area contributed by atoms with Crippen LogP contribution in [0.2, 0.25) is 0 Å². The number of methoxy groups -OCH3 is 1. The third kappa shape index (κ3) is 3.72. The number of hydrogen-bond acceptors (Lipinski definition) is 5. The van der Waals surface area contributed by atoms with Gasteiger partial charge in [0.1, 0.15) is 5.82 Å². The molecular weight excluding hydrogens is 351 g/mol. The number of amides is 1. The highest BCUT2D eigenvalue weighted by Gasteiger charge is 2.21. The Balaban J connectivity index is 1.91. The van der Waals surface area contributed by atoms with Gasteiger partial charge in [-0.3, -0.25) is 4.79 Å². The number of aryl methyl sites for hydroxylation is 1. The molecule has 138 valence electrons. The molecule has 0 aliphatic heterocycles. The molecular formula is C20H17FN2O4. The lowest BCUT2D eigenvalue weighted by Gasteiger charge is -2.10. The lowest BCUT2D eigenvalue weighted by atomic mass is 10.1. The lowest BCUT2D eigenvalue weighted by Crippen LogP contribution is -2.15. The topological polar surface area (TPSA) is 81.4 Å². The first-order valence-corrected chi connectivity index (χ1v) is 8.13. The number of benzene rings is 2. The van der Waals surface area contributed by atoms with Gasteiger partial charge in [0.05, 0.1) is 18.4 Å². The molecule has 7 heteroatoms. The smallest absolute Gasteiger partial charge is 0.338 e. The number of aromatic nitrogens is 1. The van der Waals surface area contributed by atoms with Gasteiger partial charge in [0.25, 0.3) is 5.91 Å². The van der Waals surface area contributed by atoms with Crippen LogP contribution in [0.15, 0.2) is 46.9 Å². The van der Waals surface area contributed by atoms with Crippen LogP contribution in [0.1, 0.15) is 32.2 Å². The fourth-order valence-corrected chi connectivity index (χ4v) is 2.53. The third-order valence-corrected chi connectivity index (χ3v) is 4.04. The van der Waals surface area contributed by atoms with Gasteiger partial charge in [0.15, 0.2) is 0 Å². The Kier molecular flexibility index (Phi) is 5.03. The Labute approximate surface area is 155 Å². The number of hydrogen-bond donors (Lipinski definition) is 1. The highest BCUT2D eigenvalue weighted by atomic mass is 19.1. The van der Waals surface area contributed by atoms with Gasteiger partial charge in [-0.25, -0.2) is 14.2 Å². The first kappa shape index (κ1) is 18.3. The molecule has 1 aromatic heterocycles. The van der Waals surface area contributed by atoms with E-state index in [9.17, 15) is 14.0 Å². The lowest BCUT2D eigenvalue weighted by molar-refractivity contribution is 0.0600. The van der Waals surface area contributed by atoms with Crippen molar-refractivity contribution in [3.8, 4) is 11.5 Å². The van der Waals surface area contributed by atoms with Crippen LogP contribution in [0.25, 0.3) is 11.5 Å². The van der Waals surface area contributed by atoms with Crippen molar-refractivity contribution in [2.24, 2.45) is 0 Å². The van der Waals surface area contributed by atoms with E-state index in [0.29, 0.717) is 11.6 Å². The number of ether oxygens (including phenoxy) is 1. The van der Waals surface area contributed by atoms with E-state index in [2.05, 4.69) is 15.0 Å². The molecule has 27 heavy (non-hydrogen) atoms. The number of carbonyl (C=O) groups is 2. The summed E-state index contributed by atoms with van der Waals surface area (Å²) in [6, 6.07) is 11.6. The van der Waals surface area contributed by atoms with Gasteiger partial charge in [0, 0.05) is 16.8 Å². The molecule has 1 heterocycles. The first-order chi connectivity index (χ1) is 12.9. The molecule has 2 aromatic carbocycles. The Morgan fingerprint density at radius 1 is 1.15 bits per heavy atom. The number of anilines is 1. The molecule has 6 nitrogen and oxygen atoms in total. The minimum absolute atomic E-state index is 0.00448. The minimum atomic E-state index is -0.702. The molecule has 0 spiro atoms. The van der Waals surface area contributed by atoms with Crippen molar-refractivity contribution < 1.29 is 23.1 Å². The van der Waals surface area contributed by atoms with Crippen molar-refractivity contribution in [1.82, 2.24) is 4.98 Å². The summed E-state index contributed by atoms with van der Waals surface area (Å²) < 4.78 is 24.3. The summed E-state index contributed by atoms with van der Waals surface area (Å²) >= 11 is 0. The normalized spacial score (nSPS) is 10.5. The highest BCUT2D eigenvalue weighted by molar-refractivity contribution is 6.04. The monoisotopic (exact) mass is 368 g/mol. The summed E-state index contributed by atoms with van der Waals surface area (Å²) in [5.41, 5.74) is 1.47. The molecule has 0 unspecified atom stereocenters. The van der Waals surface area contributed by atoms with Gasteiger partial charge in [-0.15, -0.1) is 0 Å². The molecule has 0 radical (unpaired) electrons. The van der Waals surface area contributed by atoms with Gasteiger partial charge < -0.3 is 14.5 Å². The molecule has 0 fully saturated rings. The van der Waals surface area contributed by atoms with E-state index in [1.54, 1.807) is 6.92 Å². The molecule has 3 rings (SSSR count). The summed E-state index contributed by atoms with van der Waals surface area (Å²) in [6.45, 7) is 3.14. The van der Waals surface area contributed by atoms with Crippen LogP contribution in [0.5, 0.6) is 0 Å². The number of halogens is 1. The van der Waals surface area contributed by atoms with Crippen LogP contribution in [0.4, 0.5) is 10.1 Å². The fourth-order valence-electron chi connectivity index (χ4n) is 2.53. The molecule has 0 aliphatic rings. The number of rotatable bonds is 4. The van der Waals surface area contributed by atoms with E-state index in [0.717, 1.165) is 11.6 Å². The molecule has 0 aliphatic carbocycles. The molecule has 0 saturated carbocycles. The van der Waals surface area contributed by atoms with Gasteiger partial charge in [-0.2, -0.15) is 0 Å². The Bertz CT molecular complexity index is 1010. The maximum atomic E-state index is 14.1. The fraction of sp³-hybridized carbons (Fsp3) is 0.150. The van der Waals surface area contributed by atoms with Crippen molar-refractivity contribution in [1.29, 1.82) is 0 Å². The number of nitrogens with one attached hydrogen (secondary N) is 1. The van der Waals surface area contributed by atoms with Crippen molar-refractivity contribution in [2.45, 2.75) is 13.8 Å². The summed E-state index contributed by atoms with van der Waals surface area (Å²) in [7, 11) is 1.20. The van der Waals surface area contributed by atoms with Crippen LogP contribution < -0.4 is 5.32 Å². The predicted molar refractivity (Wildman–Crippen MR) is 97.1 cm³/mol. The Morgan fingerprint density at radius 3 is 2.52 bits per heavy atom. The summed E-state index contributed by atoms with van der Waals surface area (Å²) in [6.07, 6.45) is 0. The number of carbonyl (C=O) groups excluding carboxylic acids is 2. The molecule has 1 amide bonds. The maximum Gasteiger partial charge on any atom is 0.338 e. The zero-order valence-corrected chi connectivity index (χ0v) is 15.0. The summed E-state index contributed by atoms with van der Waals surface area (Å²) in [5.74, 6) is -1.60. The second-order valence-electron chi connectivity index (χ2n) is 5.88. The number of esters is 1. The van der Waals surface area contributed by atoms with Crippen LogP contribution in [0, 0.1) is 19.7 Å². The van der Waals surface area contributed by atoms with Gasteiger partial charge >= 0.3 is 5.97 Å². The van der Waals surface area contributed by atoms with Crippen molar-refractivity contribution in [3.05, 3.63) is 70.9 Å². The SMILES string of the molecule is COC(=O)c1cc(F)c(C)c(NC(=O)c2oc(-c3ccccc3)nc2C)c1. The molecule has 3 aromatic rings. The standard InChI is InChI=1S/C20H17FN2O4/c1-11-15(21)9-14(20(25)26-3)10-16(11)23-18(24)17-12(2)22-19(27-17)13-7-5-4-6-8-13/h4-10H,1-3H3,(H,23,24). The van der Waals surface area contributed by atoms with Crippen LogP contribution in [0.3, 0.4) is 0 Å². The van der Waals surface area contributed by atoms with E-state index in [-0.39, 0.29) is 22.6 Å². The van der Waals surface area contributed by atoms with Gasteiger partial charge in [-0.1, -0.05) is 18.2 Å². The van der Waals surface area contributed by atoms with E-state index in [1.807, 2.05) is 30.3 Å². The second kappa shape index (κ2) is 7.41. The van der Waals surface area contributed by atoms with Gasteiger partial charge in [-0.05, 0) is 38.1 Å². The highest BCUT2D eigenvalue weighted by Crippen LogP contribution is 2.25. The summed E-state index contributed by atoms with van der Waals surface area (Å²) in [4.78, 5) is 28.5. The second-order valence-corrected chi connectivity index (χ2v) is 5.88. The molecule has 0 atom stereocenters. The van der Waals surface area contributed by atoms with Crippen molar-refractivity contribution >= 4 is 17.6 Å². The van der Waals surface area contributed by atoms with Crippen LogP contribution in [-0.2, 0) is 4.74 Å². The Morgan fingerprint density at radius 2 is 1.85 bits per heavy atom. The average molecular weight is 368 g/mol. The number of nitrogens with zero attached hydrogens (tertiary/aromatic N) is 1.